The monoisotopic (exact) mass is 328 g/mol. The largest absolute Gasteiger partial charge is 0.471 e. The summed E-state index contributed by atoms with van der Waals surface area (Å²) in [6.07, 6.45) is 4.88. The lowest BCUT2D eigenvalue weighted by molar-refractivity contribution is 0.102. The number of rotatable bonds is 5. The second-order valence-corrected chi connectivity index (χ2v) is 5.10. The quantitative estimate of drug-likeness (QED) is 0.780. The SMILES string of the molecule is O=C(Nc1ccncc1)c1ccn(COc2cccc(Cl)c2)n1. The molecule has 0 bridgehead atoms. The molecule has 6 nitrogen and oxygen atoms in total. The summed E-state index contributed by atoms with van der Waals surface area (Å²) in [5.41, 5.74) is 0.964. The Bertz CT molecular complexity index is 805. The predicted octanol–water partition coefficient (Wildman–Crippen LogP) is 3.22. The molecule has 0 saturated heterocycles. The molecule has 1 amide bonds. The van der Waals surface area contributed by atoms with Gasteiger partial charge in [-0.25, -0.2) is 4.68 Å². The van der Waals surface area contributed by atoms with E-state index in [9.17, 15) is 4.79 Å². The molecule has 3 rings (SSSR count). The van der Waals surface area contributed by atoms with Crippen molar-refractivity contribution in [3.8, 4) is 5.75 Å². The van der Waals surface area contributed by atoms with Crippen LogP contribution in [0.4, 0.5) is 5.69 Å². The van der Waals surface area contributed by atoms with Crippen LogP contribution < -0.4 is 10.1 Å². The van der Waals surface area contributed by atoms with Crippen molar-refractivity contribution in [1.29, 1.82) is 0 Å². The maximum Gasteiger partial charge on any atom is 0.276 e. The number of benzene rings is 1. The van der Waals surface area contributed by atoms with Crippen LogP contribution in [0.25, 0.3) is 0 Å². The molecule has 7 heteroatoms. The lowest BCUT2D eigenvalue weighted by Gasteiger charge is -2.06. The average Bonchev–Trinajstić information content (AvgIpc) is 3.03. The molecule has 0 aliphatic heterocycles. The van der Waals surface area contributed by atoms with E-state index in [1.807, 2.05) is 0 Å². The van der Waals surface area contributed by atoms with E-state index in [1.165, 1.54) is 4.68 Å². The van der Waals surface area contributed by atoms with Crippen LogP contribution in [0.1, 0.15) is 10.5 Å². The number of nitrogens with one attached hydrogen (secondary N) is 1. The molecule has 1 N–H and O–H groups in total. The van der Waals surface area contributed by atoms with Crippen molar-refractivity contribution in [1.82, 2.24) is 14.8 Å². The molecule has 0 aliphatic carbocycles. The lowest BCUT2D eigenvalue weighted by Crippen LogP contribution is -2.14. The van der Waals surface area contributed by atoms with Gasteiger partial charge in [-0.1, -0.05) is 17.7 Å². The summed E-state index contributed by atoms with van der Waals surface area (Å²) < 4.78 is 7.09. The zero-order valence-corrected chi connectivity index (χ0v) is 12.8. The van der Waals surface area contributed by atoms with Crippen molar-refractivity contribution in [2.75, 3.05) is 5.32 Å². The summed E-state index contributed by atoms with van der Waals surface area (Å²) in [6, 6.07) is 12.1. The number of nitrogens with zero attached hydrogens (tertiary/aromatic N) is 3. The number of hydrogen-bond donors (Lipinski definition) is 1. The minimum atomic E-state index is -0.294. The van der Waals surface area contributed by atoms with E-state index >= 15 is 0 Å². The number of carbonyl (C=O) groups excluding carboxylic acids is 1. The van der Waals surface area contributed by atoms with Gasteiger partial charge < -0.3 is 10.1 Å². The van der Waals surface area contributed by atoms with Gasteiger partial charge in [0.1, 0.15) is 5.75 Å². The molecule has 23 heavy (non-hydrogen) atoms. The minimum Gasteiger partial charge on any atom is -0.471 e. The second-order valence-electron chi connectivity index (χ2n) is 4.66. The van der Waals surface area contributed by atoms with Gasteiger partial charge in [0, 0.05) is 29.3 Å². The molecule has 116 valence electrons. The van der Waals surface area contributed by atoms with Gasteiger partial charge in [0.2, 0.25) is 0 Å². The van der Waals surface area contributed by atoms with Crippen molar-refractivity contribution in [2.24, 2.45) is 0 Å². The number of pyridine rings is 1. The number of aromatic nitrogens is 3. The molecular weight excluding hydrogens is 316 g/mol. The Morgan fingerprint density at radius 1 is 1.22 bits per heavy atom. The number of amides is 1. The predicted molar refractivity (Wildman–Crippen MR) is 86.5 cm³/mol. The maximum atomic E-state index is 12.1. The summed E-state index contributed by atoms with van der Waals surface area (Å²) in [5, 5.41) is 7.51. The highest BCUT2D eigenvalue weighted by molar-refractivity contribution is 6.30. The van der Waals surface area contributed by atoms with Crippen LogP contribution in [0.15, 0.2) is 61.1 Å². The Kier molecular flexibility index (Phi) is 4.54. The number of hydrogen-bond acceptors (Lipinski definition) is 4. The molecule has 2 aromatic heterocycles. The highest BCUT2D eigenvalue weighted by atomic mass is 35.5. The van der Waals surface area contributed by atoms with Crippen LogP contribution in [-0.4, -0.2) is 20.7 Å². The molecule has 0 unspecified atom stereocenters. The van der Waals surface area contributed by atoms with Crippen molar-refractivity contribution < 1.29 is 9.53 Å². The van der Waals surface area contributed by atoms with Gasteiger partial charge in [0.25, 0.3) is 5.91 Å². The number of ether oxygens (including phenoxy) is 1. The summed E-state index contributed by atoms with van der Waals surface area (Å²) in [6.45, 7) is 0.183. The van der Waals surface area contributed by atoms with Crippen molar-refractivity contribution >= 4 is 23.2 Å². The molecule has 0 atom stereocenters. The second kappa shape index (κ2) is 6.93. The Morgan fingerprint density at radius 3 is 2.83 bits per heavy atom. The van der Waals surface area contributed by atoms with Crippen molar-refractivity contribution in [3.63, 3.8) is 0 Å². The average molecular weight is 329 g/mol. The lowest BCUT2D eigenvalue weighted by atomic mass is 10.3. The number of halogens is 1. The first kappa shape index (κ1) is 15.1. The first-order valence-corrected chi connectivity index (χ1v) is 7.22. The van der Waals surface area contributed by atoms with Crippen molar-refractivity contribution in [3.05, 3.63) is 71.8 Å². The minimum absolute atomic E-state index is 0.183. The first-order chi connectivity index (χ1) is 11.2. The molecule has 0 saturated carbocycles. The van der Waals surface area contributed by atoms with Crippen LogP contribution in [0.2, 0.25) is 5.02 Å². The first-order valence-electron chi connectivity index (χ1n) is 6.84. The van der Waals surface area contributed by atoms with E-state index in [4.69, 9.17) is 16.3 Å². The van der Waals surface area contributed by atoms with Crippen LogP contribution >= 0.6 is 11.6 Å². The Hall–Kier alpha value is -2.86. The Morgan fingerprint density at radius 2 is 2.04 bits per heavy atom. The molecule has 0 fully saturated rings. The smallest absolute Gasteiger partial charge is 0.276 e. The normalized spacial score (nSPS) is 10.3. The molecule has 1 aromatic carbocycles. The fourth-order valence-electron chi connectivity index (χ4n) is 1.88. The fraction of sp³-hybridized carbons (Fsp3) is 0.0625. The number of carbonyl (C=O) groups is 1. The summed E-state index contributed by atoms with van der Waals surface area (Å²) in [7, 11) is 0. The topological polar surface area (TPSA) is 69.0 Å². The van der Waals surface area contributed by atoms with Crippen LogP contribution in [0, 0.1) is 0 Å². The molecule has 0 spiro atoms. The Balaban J connectivity index is 1.60. The van der Waals surface area contributed by atoms with E-state index in [1.54, 1.807) is 61.1 Å². The summed E-state index contributed by atoms with van der Waals surface area (Å²) >= 11 is 5.89. The molecule has 2 heterocycles. The van der Waals surface area contributed by atoms with Gasteiger partial charge in [0.05, 0.1) is 0 Å². The number of anilines is 1. The van der Waals surface area contributed by atoms with Crippen LogP contribution in [-0.2, 0) is 6.73 Å². The third kappa shape index (κ3) is 4.08. The highest BCUT2D eigenvalue weighted by Gasteiger charge is 2.10. The van der Waals surface area contributed by atoms with E-state index in [2.05, 4.69) is 15.4 Å². The zero-order chi connectivity index (χ0) is 16.1. The molecule has 0 aliphatic rings. The van der Waals surface area contributed by atoms with Gasteiger partial charge in [-0.05, 0) is 36.4 Å². The maximum absolute atomic E-state index is 12.1. The van der Waals surface area contributed by atoms with E-state index in [0.29, 0.717) is 22.2 Å². The van der Waals surface area contributed by atoms with Gasteiger partial charge in [0.15, 0.2) is 12.4 Å². The van der Waals surface area contributed by atoms with E-state index < -0.39 is 0 Å². The van der Waals surface area contributed by atoms with E-state index in [-0.39, 0.29) is 12.6 Å². The molecule has 3 aromatic rings. The van der Waals surface area contributed by atoms with Crippen LogP contribution in [0.5, 0.6) is 5.75 Å². The molecule has 0 radical (unpaired) electrons. The van der Waals surface area contributed by atoms with Gasteiger partial charge >= 0.3 is 0 Å². The third-order valence-corrected chi connectivity index (χ3v) is 3.21. The third-order valence-electron chi connectivity index (χ3n) is 2.97. The fourth-order valence-corrected chi connectivity index (χ4v) is 2.06. The summed E-state index contributed by atoms with van der Waals surface area (Å²) in [4.78, 5) is 16.0. The molecular formula is C16H13ClN4O2. The van der Waals surface area contributed by atoms with Gasteiger partial charge in [-0.2, -0.15) is 5.10 Å². The van der Waals surface area contributed by atoms with E-state index in [0.717, 1.165) is 0 Å². The Labute approximate surface area is 137 Å². The standard InChI is InChI=1S/C16H13ClN4O2/c17-12-2-1-3-14(10-12)23-11-21-9-6-15(20-21)16(22)19-13-4-7-18-8-5-13/h1-10H,11H2,(H,18,19,22). The summed E-state index contributed by atoms with van der Waals surface area (Å²) in [5.74, 6) is 0.341. The van der Waals surface area contributed by atoms with Gasteiger partial charge in [-0.3, -0.25) is 9.78 Å². The highest BCUT2D eigenvalue weighted by Crippen LogP contribution is 2.17. The van der Waals surface area contributed by atoms with Gasteiger partial charge in [-0.15, -0.1) is 0 Å². The zero-order valence-electron chi connectivity index (χ0n) is 12.0. The van der Waals surface area contributed by atoms with Crippen molar-refractivity contribution in [2.45, 2.75) is 6.73 Å². The van der Waals surface area contributed by atoms with Crippen LogP contribution in [0.3, 0.4) is 0 Å².